The first-order valence-electron chi connectivity index (χ1n) is 5.53. The number of hydrogen-bond donors (Lipinski definition) is 0. The van der Waals surface area contributed by atoms with Crippen LogP contribution in [0.3, 0.4) is 0 Å². The van der Waals surface area contributed by atoms with Gasteiger partial charge in [-0.3, -0.25) is 0 Å². The molecule has 0 aliphatic heterocycles. The zero-order valence-corrected chi connectivity index (χ0v) is 9.14. The van der Waals surface area contributed by atoms with Crippen molar-refractivity contribution in [2.75, 3.05) is 0 Å². The molecule has 0 saturated carbocycles. The zero-order valence-electron chi connectivity index (χ0n) is 9.14. The van der Waals surface area contributed by atoms with Gasteiger partial charge in [0.05, 0.1) is 0 Å². The van der Waals surface area contributed by atoms with E-state index in [4.69, 9.17) is 0 Å². The van der Waals surface area contributed by atoms with E-state index in [1.165, 1.54) is 42.4 Å². The van der Waals surface area contributed by atoms with E-state index in [2.05, 4.69) is 38.1 Å². The summed E-state index contributed by atoms with van der Waals surface area (Å²) >= 11 is 0. The van der Waals surface area contributed by atoms with Crippen LogP contribution in [-0.4, -0.2) is 0 Å². The van der Waals surface area contributed by atoms with Crippen molar-refractivity contribution in [1.29, 1.82) is 0 Å². The molecule has 0 heteroatoms. The van der Waals surface area contributed by atoms with Crippen LogP contribution in [-0.2, 0) is 0 Å². The highest BCUT2D eigenvalue weighted by Crippen LogP contribution is 2.27. The quantitative estimate of drug-likeness (QED) is 0.614. The zero-order chi connectivity index (χ0) is 9.97. The van der Waals surface area contributed by atoms with Gasteiger partial charge in [0.15, 0.2) is 0 Å². The SMILES string of the molecule is Cc1cc(C)cc(C2=CCCCC2)c1. The van der Waals surface area contributed by atoms with E-state index in [9.17, 15) is 0 Å². The Morgan fingerprint density at radius 3 is 2.21 bits per heavy atom. The lowest BCUT2D eigenvalue weighted by molar-refractivity contribution is 0.742. The van der Waals surface area contributed by atoms with Crippen LogP contribution in [0.25, 0.3) is 5.57 Å². The molecular weight excluding hydrogens is 168 g/mol. The molecular formula is C14H18. The summed E-state index contributed by atoms with van der Waals surface area (Å²) in [6.45, 7) is 4.36. The van der Waals surface area contributed by atoms with Gasteiger partial charge in [-0.25, -0.2) is 0 Å². The Kier molecular flexibility index (Phi) is 2.72. The third-order valence-electron chi connectivity index (χ3n) is 2.88. The Balaban J connectivity index is 2.35. The first-order chi connectivity index (χ1) is 6.75. The highest BCUT2D eigenvalue weighted by atomic mass is 14.1. The van der Waals surface area contributed by atoms with Crippen molar-refractivity contribution in [1.82, 2.24) is 0 Å². The molecule has 0 amide bonds. The minimum Gasteiger partial charge on any atom is -0.0807 e. The van der Waals surface area contributed by atoms with Gasteiger partial charge in [-0.05, 0) is 50.7 Å². The van der Waals surface area contributed by atoms with Crippen LogP contribution in [0.1, 0.15) is 42.4 Å². The molecule has 0 atom stereocenters. The number of aryl methyl sites for hydroxylation is 2. The van der Waals surface area contributed by atoms with Crippen LogP contribution >= 0.6 is 0 Å². The molecule has 1 aliphatic rings. The minimum atomic E-state index is 1.27. The minimum absolute atomic E-state index is 1.27. The maximum atomic E-state index is 2.41. The lowest BCUT2D eigenvalue weighted by Crippen LogP contribution is -1.93. The lowest BCUT2D eigenvalue weighted by atomic mass is 9.92. The van der Waals surface area contributed by atoms with Crippen molar-refractivity contribution in [2.45, 2.75) is 39.5 Å². The van der Waals surface area contributed by atoms with E-state index in [0.29, 0.717) is 0 Å². The Morgan fingerprint density at radius 2 is 1.64 bits per heavy atom. The van der Waals surface area contributed by atoms with E-state index < -0.39 is 0 Å². The second kappa shape index (κ2) is 4.00. The predicted octanol–water partition coefficient (Wildman–Crippen LogP) is 4.26. The first kappa shape index (κ1) is 9.51. The summed E-state index contributed by atoms with van der Waals surface area (Å²) in [5.41, 5.74) is 5.77. The normalized spacial score (nSPS) is 16.6. The molecule has 0 aromatic heterocycles. The van der Waals surface area contributed by atoms with Gasteiger partial charge in [0.1, 0.15) is 0 Å². The molecule has 1 aliphatic carbocycles. The highest BCUT2D eigenvalue weighted by Gasteiger charge is 2.06. The van der Waals surface area contributed by atoms with Crippen molar-refractivity contribution >= 4 is 5.57 Å². The molecule has 0 unspecified atom stereocenters. The average molecular weight is 186 g/mol. The summed E-state index contributed by atoms with van der Waals surface area (Å²) in [6, 6.07) is 6.86. The maximum absolute atomic E-state index is 2.41. The predicted molar refractivity (Wildman–Crippen MR) is 62.4 cm³/mol. The van der Waals surface area contributed by atoms with Gasteiger partial charge in [0.25, 0.3) is 0 Å². The summed E-state index contributed by atoms with van der Waals surface area (Å²) in [7, 11) is 0. The van der Waals surface area contributed by atoms with Crippen LogP contribution in [0.5, 0.6) is 0 Å². The second-order valence-electron chi connectivity index (χ2n) is 4.35. The summed E-state index contributed by atoms with van der Waals surface area (Å²) in [5.74, 6) is 0. The summed E-state index contributed by atoms with van der Waals surface area (Å²) < 4.78 is 0. The molecule has 0 heterocycles. The Hall–Kier alpha value is -1.04. The standard InChI is InChI=1S/C14H18/c1-11-8-12(2)10-14(9-11)13-6-4-3-5-7-13/h6,8-10H,3-5,7H2,1-2H3. The fourth-order valence-corrected chi connectivity index (χ4v) is 2.26. The molecule has 0 fully saturated rings. The monoisotopic (exact) mass is 186 g/mol. The number of allylic oxidation sites excluding steroid dienone is 2. The number of hydrogen-bond acceptors (Lipinski definition) is 0. The summed E-state index contributed by atoms with van der Waals surface area (Å²) in [6.07, 6.45) is 7.68. The fraction of sp³-hybridized carbons (Fsp3) is 0.429. The third kappa shape index (κ3) is 2.06. The molecule has 1 aromatic carbocycles. The Labute approximate surface area is 86.7 Å². The molecule has 0 saturated heterocycles. The van der Waals surface area contributed by atoms with Crippen LogP contribution in [0.15, 0.2) is 24.3 Å². The van der Waals surface area contributed by atoms with Crippen molar-refractivity contribution in [2.24, 2.45) is 0 Å². The molecule has 1 aromatic rings. The topological polar surface area (TPSA) is 0 Å². The number of rotatable bonds is 1. The van der Waals surface area contributed by atoms with Gasteiger partial charge in [-0.1, -0.05) is 35.4 Å². The molecule has 2 rings (SSSR count). The van der Waals surface area contributed by atoms with Crippen molar-refractivity contribution in [3.05, 3.63) is 41.0 Å². The van der Waals surface area contributed by atoms with Crippen LogP contribution in [0, 0.1) is 13.8 Å². The molecule has 0 N–H and O–H groups in total. The Morgan fingerprint density at radius 1 is 0.929 bits per heavy atom. The maximum Gasteiger partial charge on any atom is -0.0222 e. The van der Waals surface area contributed by atoms with Gasteiger partial charge >= 0.3 is 0 Å². The van der Waals surface area contributed by atoms with Crippen molar-refractivity contribution in [3.63, 3.8) is 0 Å². The molecule has 0 radical (unpaired) electrons. The summed E-state index contributed by atoms with van der Waals surface area (Å²) in [4.78, 5) is 0. The largest absolute Gasteiger partial charge is 0.0807 e. The van der Waals surface area contributed by atoms with Gasteiger partial charge < -0.3 is 0 Å². The fourth-order valence-electron chi connectivity index (χ4n) is 2.26. The average Bonchev–Trinajstić information content (AvgIpc) is 2.18. The molecule has 74 valence electrons. The highest BCUT2D eigenvalue weighted by molar-refractivity contribution is 5.67. The van der Waals surface area contributed by atoms with Gasteiger partial charge in [0.2, 0.25) is 0 Å². The van der Waals surface area contributed by atoms with Crippen LogP contribution < -0.4 is 0 Å². The molecule has 0 bridgehead atoms. The van der Waals surface area contributed by atoms with E-state index in [1.54, 1.807) is 5.57 Å². The van der Waals surface area contributed by atoms with E-state index >= 15 is 0 Å². The number of benzene rings is 1. The van der Waals surface area contributed by atoms with E-state index in [0.717, 1.165) is 0 Å². The van der Waals surface area contributed by atoms with Gasteiger partial charge in [0, 0.05) is 0 Å². The first-order valence-corrected chi connectivity index (χ1v) is 5.53. The van der Waals surface area contributed by atoms with E-state index in [1.807, 2.05) is 0 Å². The van der Waals surface area contributed by atoms with Gasteiger partial charge in [-0.2, -0.15) is 0 Å². The van der Waals surface area contributed by atoms with E-state index in [-0.39, 0.29) is 0 Å². The smallest absolute Gasteiger partial charge is 0.0222 e. The molecule has 0 spiro atoms. The van der Waals surface area contributed by atoms with Crippen LogP contribution in [0.4, 0.5) is 0 Å². The molecule has 0 nitrogen and oxygen atoms in total. The Bertz CT molecular complexity index is 338. The molecule has 14 heavy (non-hydrogen) atoms. The van der Waals surface area contributed by atoms with Gasteiger partial charge in [-0.15, -0.1) is 0 Å². The second-order valence-corrected chi connectivity index (χ2v) is 4.35. The lowest BCUT2D eigenvalue weighted by Gasteiger charge is -2.14. The third-order valence-corrected chi connectivity index (χ3v) is 2.88. The summed E-state index contributed by atoms with van der Waals surface area (Å²) in [5, 5.41) is 0. The van der Waals surface area contributed by atoms with Crippen molar-refractivity contribution < 1.29 is 0 Å². The van der Waals surface area contributed by atoms with Crippen molar-refractivity contribution in [3.8, 4) is 0 Å². The van der Waals surface area contributed by atoms with Crippen LogP contribution in [0.2, 0.25) is 0 Å².